The van der Waals surface area contributed by atoms with Gasteiger partial charge in [0.2, 0.25) is 0 Å². The highest BCUT2D eigenvalue weighted by molar-refractivity contribution is 5.91. The van der Waals surface area contributed by atoms with Gasteiger partial charge in [-0.25, -0.2) is 0 Å². The highest BCUT2D eigenvalue weighted by Gasteiger charge is 2.19. The summed E-state index contributed by atoms with van der Waals surface area (Å²) in [6, 6.07) is 5.44. The second kappa shape index (κ2) is 5.71. The van der Waals surface area contributed by atoms with Gasteiger partial charge in [-0.3, -0.25) is 14.4 Å². The van der Waals surface area contributed by atoms with E-state index in [1.54, 1.807) is 13.1 Å². The summed E-state index contributed by atoms with van der Waals surface area (Å²) >= 11 is 0. The van der Waals surface area contributed by atoms with Gasteiger partial charge in [0.1, 0.15) is 5.76 Å². The Bertz CT molecular complexity index is 646. The number of nitrogens with zero attached hydrogens (tertiary/aromatic N) is 3. The van der Waals surface area contributed by atoms with Crippen molar-refractivity contribution in [1.29, 1.82) is 0 Å². The summed E-state index contributed by atoms with van der Waals surface area (Å²) < 4.78 is 7.47. The number of amides is 1. The Balaban J connectivity index is 1.66. The van der Waals surface area contributed by atoms with Gasteiger partial charge in [-0.2, -0.15) is 5.10 Å². The van der Waals surface area contributed by atoms with Crippen molar-refractivity contribution in [1.82, 2.24) is 20.0 Å². The zero-order chi connectivity index (χ0) is 14.8. The first-order valence-electron chi connectivity index (χ1n) is 6.89. The summed E-state index contributed by atoms with van der Waals surface area (Å²) in [6.45, 7) is 3.02. The zero-order valence-corrected chi connectivity index (χ0v) is 11.9. The van der Waals surface area contributed by atoms with Gasteiger partial charge in [0.25, 0.3) is 5.91 Å². The van der Waals surface area contributed by atoms with E-state index >= 15 is 0 Å². The average molecular weight is 290 g/mol. The summed E-state index contributed by atoms with van der Waals surface area (Å²) in [5.74, 6) is 0.881. The molecule has 1 amide bonds. The molecule has 21 heavy (non-hydrogen) atoms. The predicted octanol–water partition coefficient (Wildman–Crippen LogP) is 0.344. The maximum atomic E-state index is 11.5. The fourth-order valence-corrected chi connectivity index (χ4v) is 2.52. The van der Waals surface area contributed by atoms with Gasteiger partial charge >= 0.3 is 0 Å². The molecule has 0 atom stereocenters. The number of nitrogens with one attached hydrogen (secondary N) is 1. The monoisotopic (exact) mass is 290 g/mol. The number of hydrogen-bond acceptors (Lipinski definition) is 5. The minimum atomic E-state index is -0.217. The van der Waals surface area contributed by atoms with Crippen molar-refractivity contribution in [3.63, 3.8) is 0 Å². The molecule has 0 saturated heterocycles. The lowest BCUT2D eigenvalue weighted by Crippen LogP contribution is -2.33. The molecule has 7 heteroatoms. The molecule has 2 N–H and O–H groups in total. The summed E-state index contributed by atoms with van der Waals surface area (Å²) in [5.41, 5.74) is 1.79. The Morgan fingerprint density at radius 1 is 1.48 bits per heavy atom. The number of carbonyl (C=O) groups is 1. The van der Waals surface area contributed by atoms with Crippen LogP contribution in [0, 0.1) is 0 Å². The van der Waals surface area contributed by atoms with Crippen LogP contribution in [0.3, 0.4) is 0 Å². The van der Waals surface area contributed by atoms with Crippen LogP contribution in [0.25, 0.3) is 0 Å². The number of rotatable bonds is 4. The van der Waals surface area contributed by atoms with Crippen LogP contribution in [0.4, 0.5) is 0 Å². The summed E-state index contributed by atoms with van der Waals surface area (Å²) in [5, 5.41) is 16.0. The van der Waals surface area contributed by atoms with E-state index in [0.29, 0.717) is 18.0 Å². The molecule has 3 rings (SSSR count). The molecule has 0 spiro atoms. The topological polar surface area (TPSA) is 83.5 Å². The van der Waals surface area contributed by atoms with E-state index in [2.05, 4.69) is 15.3 Å². The summed E-state index contributed by atoms with van der Waals surface area (Å²) in [6.07, 6.45) is 0. The van der Waals surface area contributed by atoms with E-state index in [1.807, 2.05) is 16.8 Å². The minimum absolute atomic E-state index is 0.0341. The Morgan fingerprint density at radius 3 is 3.10 bits per heavy atom. The minimum Gasteiger partial charge on any atom is -0.455 e. The number of hydrogen-bond donors (Lipinski definition) is 2. The first-order chi connectivity index (χ1) is 10.2. The van der Waals surface area contributed by atoms with Crippen molar-refractivity contribution in [3.05, 3.63) is 41.1 Å². The van der Waals surface area contributed by atoms with Gasteiger partial charge in [0.15, 0.2) is 5.76 Å². The molecular weight excluding hydrogens is 272 g/mol. The molecule has 112 valence electrons. The van der Waals surface area contributed by atoms with E-state index in [9.17, 15) is 4.79 Å². The van der Waals surface area contributed by atoms with Gasteiger partial charge < -0.3 is 14.8 Å². The van der Waals surface area contributed by atoms with Crippen LogP contribution in [0.1, 0.15) is 27.7 Å². The van der Waals surface area contributed by atoms with Crippen LogP contribution >= 0.6 is 0 Å². The quantitative estimate of drug-likeness (QED) is 0.848. The number of furan rings is 1. The van der Waals surface area contributed by atoms with Crippen LogP contribution in [0.5, 0.6) is 0 Å². The van der Waals surface area contributed by atoms with Crippen molar-refractivity contribution in [3.8, 4) is 0 Å². The van der Waals surface area contributed by atoms with Crippen LogP contribution < -0.4 is 5.32 Å². The second-order valence-electron chi connectivity index (χ2n) is 5.06. The number of carbonyl (C=O) groups excluding carboxylic acids is 1. The van der Waals surface area contributed by atoms with Gasteiger partial charge in [0.05, 0.1) is 31.1 Å². The lowest BCUT2D eigenvalue weighted by Gasteiger charge is -2.26. The molecule has 0 unspecified atom stereocenters. The Labute approximate surface area is 122 Å². The number of aliphatic hydroxyl groups is 1. The highest BCUT2D eigenvalue weighted by Crippen LogP contribution is 2.17. The largest absolute Gasteiger partial charge is 0.455 e. The van der Waals surface area contributed by atoms with E-state index in [1.165, 1.54) is 0 Å². The van der Waals surface area contributed by atoms with Gasteiger partial charge in [-0.05, 0) is 18.2 Å². The lowest BCUT2D eigenvalue weighted by molar-refractivity contribution is 0.0930. The third kappa shape index (κ3) is 2.84. The zero-order valence-electron chi connectivity index (χ0n) is 11.9. The maximum absolute atomic E-state index is 11.5. The number of fused-ring (bicyclic) bond motifs is 1. The predicted molar refractivity (Wildman–Crippen MR) is 74.4 cm³/mol. The Kier molecular flexibility index (Phi) is 3.76. The molecule has 7 nitrogen and oxygen atoms in total. The summed E-state index contributed by atoms with van der Waals surface area (Å²) in [7, 11) is 1.58. The normalized spacial score (nSPS) is 15.0. The Morgan fingerprint density at radius 2 is 2.33 bits per heavy atom. The fraction of sp³-hybridized carbons (Fsp3) is 0.429. The molecule has 2 aromatic heterocycles. The molecular formula is C14H18N4O3. The average Bonchev–Trinajstić information content (AvgIpc) is 3.12. The number of aromatic nitrogens is 2. The van der Waals surface area contributed by atoms with E-state index in [4.69, 9.17) is 9.52 Å². The third-order valence-electron chi connectivity index (χ3n) is 3.58. The SMILES string of the molecule is CNC(=O)c1ccc(CN2CCn3nc(CO)cc3C2)o1. The van der Waals surface area contributed by atoms with Crippen molar-refractivity contribution in [2.24, 2.45) is 0 Å². The lowest BCUT2D eigenvalue weighted by atomic mass is 10.2. The van der Waals surface area contributed by atoms with Crippen molar-refractivity contribution < 1.29 is 14.3 Å². The molecule has 0 aliphatic carbocycles. The molecule has 0 fully saturated rings. The molecule has 0 bridgehead atoms. The van der Waals surface area contributed by atoms with E-state index < -0.39 is 0 Å². The van der Waals surface area contributed by atoms with Gasteiger partial charge in [-0.1, -0.05) is 0 Å². The number of aliphatic hydroxyl groups excluding tert-OH is 1. The van der Waals surface area contributed by atoms with Crippen molar-refractivity contribution in [2.75, 3.05) is 13.6 Å². The van der Waals surface area contributed by atoms with Gasteiger partial charge in [0, 0.05) is 20.1 Å². The van der Waals surface area contributed by atoms with E-state index in [0.717, 1.165) is 31.1 Å². The first-order valence-corrected chi connectivity index (χ1v) is 6.89. The molecule has 3 heterocycles. The van der Waals surface area contributed by atoms with Crippen LogP contribution in [0.2, 0.25) is 0 Å². The molecule has 1 aliphatic heterocycles. The maximum Gasteiger partial charge on any atom is 0.286 e. The first kappa shape index (κ1) is 13.8. The van der Waals surface area contributed by atoms with Crippen LogP contribution in [-0.4, -0.2) is 39.3 Å². The molecule has 0 radical (unpaired) electrons. The summed E-state index contributed by atoms with van der Waals surface area (Å²) in [4.78, 5) is 13.7. The molecule has 0 saturated carbocycles. The highest BCUT2D eigenvalue weighted by atomic mass is 16.4. The smallest absolute Gasteiger partial charge is 0.286 e. The van der Waals surface area contributed by atoms with Crippen molar-refractivity contribution >= 4 is 5.91 Å². The van der Waals surface area contributed by atoms with Crippen LogP contribution in [-0.2, 0) is 26.2 Å². The van der Waals surface area contributed by atoms with Crippen LogP contribution in [0.15, 0.2) is 22.6 Å². The molecule has 2 aromatic rings. The standard InChI is InChI=1S/C14H18N4O3/c1-15-14(20)13-3-2-12(21-13)8-17-4-5-18-11(7-17)6-10(9-19)16-18/h2-3,6,19H,4-5,7-9H2,1H3,(H,15,20). The third-order valence-corrected chi connectivity index (χ3v) is 3.58. The molecule has 0 aromatic carbocycles. The van der Waals surface area contributed by atoms with E-state index in [-0.39, 0.29) is 12.5 Å². The fourth-order valence-electron chi connectivity index (χ4n) is 2.52. The van der Waals surface area contributed by atoms with Gasteiger partial charge in [-0.15, -0.1) is 0 Å². The Hall–Kier alpha value is -2.12. The van der Waals surface area contributed by atoms with Crippen molar-refractivity contribution in [2.45, 2.75) is 26.2 Å². The molecule has 1 aliphatic rings. The second-order valence-corrected chi connectivity index (χ2v) is 5.06.